The highest BCUT2D eigenvalue weighted by Gasteiger charge is 2.26. The minimum absolute atomic E-state index is 0.100. The predicted octanol–water partition coefficient (Wildman–Crippen LogP) is 3.23. The van der Waals surface area contributed by atoms with Crippen LogP contribution in [0.4, 0.5) is 0 Å². The molecule has 31 heavy (non-hydrogen) atoms. The largest absolute Gasteiger partial charge is 0.497 e. The number of ether oxygens (including phenoxy) is 2. The Kier molecular flexibility index (Phi) is 8.53. The van der Waals surface area contributed by atoms with Crippen molar-refractivity contribution in [1.82, 2.24) is 16.2 Å². The van der Waals surface area contributed by atoms with Crippen molar-refractivity contribution in [2.24, 2.45) is 5.92 Å². The van der Waals surface area contributed by atoms with E-state index in [9.17, 15) is 14.4 Å². The first-order valence-corrected chi connectivity index (χ1v) is 10.0. The lowest BCUT2D eigenvalue weighted by Crippen LogP contribution is -2.54. The number of nitrogens with one attached hydrogen (secondary N) is 3. The number of hydrazine groups is 1. The summed E-state index contributed by atoms with van der Waals surface area (Å²) in [4.78, 5) is 37.7. The standard InChI is InChI=1S/C21H23Cl2N3O5/c1-11(2)18(24-19(27)12-7-14(30-3)10-15(8-12)31-4)21(29)26-25-20(28)16-9-13(22)5-6-17(16)23/h5-11,18H,1-4H3,(H,24,27)(H,25,28)(H,26,29). The van der Waals surface area contributed by atoms with Gasteiger partial charge in [-0.25, -0.2) is 0 Å². The Hall–Kier alpha value is -2.97. The summed E-state index contributed by atoms with van der Waals surface area (Å²) < 4.78 is 10.3. The molecule has 2 aromatic carbocycles. The number of rotatable bonds is 7. The number of methoxy groups -OCH3 is 2. The number of carbonyl (C=O) groups is 3. The molecule has 0 aromatic heterocycles. The van der Waals surface area contributed by atoms with Crippen LogP contribution in [0.2, 0.25) is 10.0 Å². The van der Waals surface area contributed by atoms with Crippen LogP contribution < -0.4 is 25.6 Å². The maximum atomic E-state index is 12.7. The van der Waals surface area contributed by atoms with Gasteiger partial charge in [0.25, 0.3) is 17.7 Å². The summed E-state index contributed by atoms with van der Waals surface area (Å²) in [5, 5.41) is 3.16. The summed E-state index contributed by atoms with van der Waals surface area (Å²) >= 11 is 11.9. The lowest BCUT2D eigenvalue weighted by molar-refractivity contribution is -0.124. The maximum absolute atomic E-state index is 12.7. The highest BCUT2D eigenvalue weighted by Crippen LogP contribution is 2.23. The number of amides is 3. The zero-order valence-electron chi connectivity index (χ0n) is 17.4. The van der Waals surface area contributed by atoms with Crippen molar-refractivity contribution in [3.8, 4) is 11.5 Å². The quantitative estimate of drug-likeness (QED) is 0.542. The average Bonchev–Trinajstić information content (AvgIpc) is 2.76. The first-order valence-electron chi connectivity index (χ1n) is 9.25. The van der Waals surface area contributed by atoms with E-state index in [1.165, 1.54) is 44.6 Å². The van der Waals surface area contributed by atoms with Crippen molar-refractivity contribution < 1.29 is 23.9 Å². The van der Waals surface area contributed by atoms with E-state index in [0.29, 0.717) is 16.5 Å². The Balaban J connectivity index is 2.09. The van der Waals surface area contributed by atoms with Gasteiger partial charge in [0.1, 0.15) is 17.5 Å². The van der Waals surface area contributed by atoms with Crippen molar-refractivity contribution in [3.05, 3.63) is 57.6 Å². The summed E-state index contributed by atoms with van der Waals surface area (Å²) in [6, 6.07) is 8.13. The van der Waals surface area contributed by atoms with Crippen molar-refractivity contribution in [3.63, 3.8) is 0 Å². The molecule has 0 saturated carbocycles. The number of carbonyl (C=O) groups excluding carboxylic acids is 3. The summed E-state index contributed by atoms with van der Waals surface area (Å²) in [6.07, 6.45) is 0. The normalized spacial score (nSPS) is 11.5. The molecule has 2 aromatic rings. The third-order valence-electron chi connectivity index (χ3n) is 4.32. The van der Waals surface area contributed by atoms with Crippen LogP contribution in [0.25, 0.3) is 0 Å². The monoisotopic (exact) mass is 467 g/mol. The van der Waals surface area contributed by atoms with E-state index in [1.54, 1.807) is 19.9 Å². The molecule has 0 spiro atoms. The van der Waals surface area contributed by atoms with Gasteiger partial charge in [-0.05, 0) is 36.2 Å². The Labute approximate surface area is 190 Å². The Morgan fingerprint density at radius 3 is 2.03 bits per heavy atom. The fourth-order valence-electron chi connectivity index (χ4n) is 2.63. The average molecular weight is 468 g/mol. The van der Waals surface area contributed by atoms with Gasteiger partial charge in [0.05, 0.1) is 24.8 Å². The number of benzene rings is 2. The molecular formula is C21H23Cl2N3O5. The molecule has 10 heteroatoms. The lowest BCUT2D eigenvalue weighted by Gasteiger charge is -2.22. The van der Waals surface area contributed by atoms with Crippen LogP contribution in [0, 0.1) is 5.92 Å². The van der Waals surface area contributed by atoms with Crippen molar-refractivity contribution >= 4 is 40.9 Å². The Morgan fingerprint density at radius 1 is 0.871 bits per heavy atom. The van der Waals surface area contributed by atoms with Gasteiger partial charge in [0.15, 0.2) is 0 Å². The zero-order chi connectivity index (χ0) is 23.1. The van der Waals surface area contributed by atoms with Gasteiger partial charge in [-0.1, -0.05) is 37.0 Å². The van der Waals surface area contributed by atoms with Gasteiger partial charge < -0.3 is 14.8 Å². The van der Waals surface area contributed by atoms with Crippen LogP contribution in [0.3, 0.4) is 0 Å². The molecule has 1 unspecified atom stereocenters. The first-order chi connectivity index (χ1) is 14.7. The maximum Gasteiger partial charge on any atom is 0.271 e. The fourth-order valence-corrected chi connectivity index (χ4v) is 3.01. The van der Waals surface area contributed by atoms with E-state index in [4.69, 9.17) is 32.7 Å². The molecule has 0 radical (unpaired) electrons. The molecule has 0 aliphatic carbocycles. The molecule has 0 bridgehead atoms. The van der Waals surface area contributed by atoms with Gasteiger partial charge in [-0.2, -0.15) is 0 Å². The molecule has 8 nitrogen and oxygen atoms in total. The predicted molar refractivity (Wildman–Crippen MR) is 118 cm³/mol. The van der Waals surface area contributed by atoms with Gasteiger partial charge in [-0.15, -0.1) is 0 Å². The molecule has 0 heterocycles. The number of hydrogen-bond donors (Lipinski definition) is 3. The van der Waals surface area contributed by atoms with Gasteiger partial charge in [0, 0.05) is 16.7 Å². The van der Waals surface area contributed by atoms with Crippen LogP contribution in [0.15, 0.2) is 36.4 Å². The molecule has 3 amide bonds. The third kappa shape index (κ3) is 6.50. The van der Waals surface area contributed by atoms with Gasteiger partial charge in [-0.3, -0.25) is 25.2 Å². The minimum atomic E-state index is -0.931. The van der Waals surface area contributed by atoms with E-state index < -0.39 is 23.8 Å². The highest BCUT2D eigenvalue weighted by molar-refractivity contribution is 6.35. The SMILES string of the molecule is COc1cc(OC)cc(C(=O)NC(C(=O)NNC(=O)c2cc(Cl)ccc2Cl)C(C)C)c1. The minimum Gasteiger partial charge on any atom is -0.497 e. The second-order valence-electron chi connectivity index (χ2n) is 6.86. The summed E-state index contributed by atoms with van der Waals surface area (Å²) in [5.41, 5.74) is 4.94. The molecular weight excluding hydrogens is 445 g/mol. The number of halogens is 2. The molecule has 0 aliphatic heterocycles. The molecule has 0 saturated heterocycles. The first kappa shape index (κ1) is 24.3. The van der Waals surface area contributed by atoms with Crippen molar-refractivity contribution in [1.29, 1.82) is 0 Å². The summed E-state index contributed by atoms with van der Waals surface area (Å²) in [7, 11) is 2.94. The molecule has 1 atom stereocenters. The summed E-state index contributed by atoms with van der Waals surface area (Å²) in [6.45, 7) is 3.51. The molecule has 3 N–H and O–H groups in total. The van der Waals surface area contributed by atoms with Gasteiger partial charge in [0.2, 0.25) is 0 Å². The molecule has 2 rings (SSSR count). The highest BCUT2D eigenvalue weighted by atomic mass is 35.5. The lowest BCUT2D eigenvalue weighted by atomic mass is 10.0. The smallest absolute Gasteiger partial charge is 0.271 e. The second-order valence-corrected chi connectivity index (χ2v) is 7.71. The van der Waals surface area contributed by atoms with Gasteiger partial charge >= 0.3 is 0 Å². The van der Waals surface area contributed by atoms with Crippen LogP contribution in [-0.4, -0.2) is 38.0 Å². The molecule has 0 aliphatic rings. The van der Waals surface area contributed by atoms with E-state index >= 15 is 0 Å². The number of hydrogen-bond acceptors (Lipinski definition) is 5. The van der Waals surface area contributed by atoms with Crippen LogP contribution in [0.1, 0.15) is 34.6 Å². The topological polar surface area (TPSA) is 106 Å². The van der Waals surface area contributed by atoms with Crippen molar-refractivity contribution in [2.75, 3.05) is 14.2 Å². The third-order valence-corrected chi connectivity index (χ3v) is 4.89. The second kappa shape index (κ2) is 10.9. The van der Waals surface area contributed by atoms with Crippen LogP contribution in [-0.2, 0) is 4.79 Å². The van der Waals surface area contributed by atoms with E-state index in [-0.39, 0.29) is 22.1 Å². The van der Waals surface area contributed by atoms with Crippen molar-refractivity contribution in [2.45, 2.75) is 19.9 Å². The zero-order valence-corrected chi connectivity index (χ0v) is 18.9. The Bertz CT molecular complexity index is 959. The Morgan fingerprint density at radius 2 is 1.48 bits per heavy atom. The van der Waals surface area contributed by atoms with Crippen LogP contribution in [0.5, 0.6) is 11.5 Å². The van der Waals surface area contributed by atoms with E-state index in [0.717, 1.165) is 0 Å². The molecule has 166 valence electrons. The van der Waals surface area contributed by atoms with Crippen LogP contribution >= 0.6 is 23.2 Å². The fraction of sp³-hybridized carbons (Fsp3) is 0.286. The molecule has 0 fully saturated rings. The van der Waals surface area contributed by atoms with E-state index in [1.807, 2.05) is 0 Å². The van der Waals surface area contributed by atoms with E-state index in [2.05, 4.69) is 16.2 Å². The summed E-state index contributed by atoms with van der Waals surface area (Å²) in [5.74, 6) is -1.17.